The number of pyridine rings is 4. The number of hydrogen-bond acceptors (Lipinski definition) is 29. The topological polar surface area (TPSA) is 340 Å². The second-order valence-electron chi connectivity index (χ2n) is 32.8. The van der Waals surface area contributed by atoms with E-state index >= 15 is 0 Å². The van der Waals surface area contributed by atoms with Crippen molar-refractivity contribution in [3.8, 4) is 0 Å². The number of carbonyl (C=O) groups is 5. The maximum atomic E-state index is 13.4. The van der Waals surface area contributed by atoms with E-state index in [9.17, 15) is 43.2 Å². The summed E-state index contributed by atoms with van der Waals surface area (Å²) in [6, 6.07) is 37.1. The fourth-order valence-electron chi connectivity index (χ4n) is 16.4. The molecule has 12 aromatic rings. The third-order valence-corrected chi connectivity index (χ3v) is 28.8. The van der Waals surface area contributed by atoms with Crippen LogP contribution < -0.4 is 43.5 Å². The molecule has 38 heteroatoms. The molecule has 686 valence electrons. The van der Waals surface area contributed by atoms with E-state index in [4.69, 9.17) is 86.5 Å². The van der Waals surface area contributed by atoms with Crippen LogP contribution >= 0.6 is 95.9 Å². The van der Waals surface area contributed by atoms with Crippen molar-refractivity contribution in [3.05, 3.63) is 277 Å². The van der Waals surface area contributed by atoms with E-state index in [0.29, 0.717) is 128 Å². The van der Waals surface area contributed by atoms with Crippen LogP contribution in [0.1, 0.15) is 174 Å². The number of anilines is 4. The van der Waals surface area contributed by atoms with Crippen LogP contribution in [0.4, 0.5) is 23.3 Å². The lowest BCUT2D eigenvalue weighted by molar-refractivity contribution is -0.123. The number of nitrogens with zero attached hydrogens (tertiary/aromatic N) is 13. The smallest absolute Gasteiger partial charge is 0.267 e. The van der Waals surface area contributed by atoms with Crippen LogP contribution in [0.2, 0.25) is 0 Å². The molecule has 4 saturated carbocycles. The Balaban J connectivity index is 0.000000127. The minimum atomic E-state index is -0.238. The number of furan rings is 4. The molecule has 4 saturated heterocycles. The summed E-state index contributed by atoms with van der Waals surface area (Å²) in [5.41, 5.74) is 2.89. The van der Waals surface area contributed by atoms with E-state index in [-0.39, 0.29) is 96.2 Å². The number of nitrogens with one attached hydrogen (secondary N) is 4. The molecule has 0 aromatic carbocycles. The largest absolute Gasteiger partial charge is 0.467 e. The normalized spacial score (nSPS) is 18.3. The molecule has 16 heterocycles. The predicted octanol–water partition coefficient (Wildman–Crippen LogP) is 17.4. The summed E-state index contributed by atoms with van der Waals surface area (Å²) in [5.74, 6) is 3.71. The first kappa shape index (κ1) is 94.0. The molecule has 0 unspecified atom stereocenters. The van der Waals surface area contributed by atoms with Crippen molar-refractivity contribution >= 4 is 213 Å². The molecular formula is C95H95N17O13S8. The molecule has 133 heavy (non-hydrogen) atoms. The van der Waals surface area contributed by atoms with Crippen LogP contribution in [-0.2, 0) is 50.2 Å². The van der Waals surface area contributed by atoms with Crippen molar-refractivity contribution < 1.29 is 41.6 Å². The highest BCUT2D eigenvalue weighted by molar-refractivity contribution is 8.28. The van der Waals surface area contributed by atoms with Crippen molar-refractivity contribution in [2.24, 2.45) is 0 Å². The molecule has 0 bridgehead atoms. The molecule has 20 rings (SSSR count). The van der Waals surface area contributed by atoms with E-state index in [0.717, 1.165) is 109 Å². The first-order valence-electron chi connectivity index (χ1n) is 44.0. The van der Waals surface area contributed by atoms with E-state index in [1.165, 1.54) is 115 Å². The number of amides is 5. The first-order valence-corrected chi connectivity index (χ1v) is 48.9. The van der Waals surface area contributed by atoms with Crippen molar-refractivity contribution in [3.63, 3.8) is 0 Å². The Morgan fingerprint density at radius 3 is 0.729 bits per heavy atom. The van der Waals surface area contributed by atoms with Crippen molar-refractivity contribution in [2.45, 2.75) is 179 Å². The zero-order chi connectivity index (χ0) is 92.6. The third-order valence-electron chi connectivity index (χ3n) is 23.2. The number of thiocarbonyl (C=S) groups is 4. The lowest BCUT2D eigenvalue weighted by Gasteiger charge is -2.24. The van der Waals surface area contributed by atoms with Gasteiger partial charge in [-0.3, -0.25) is 80.4 Å². The fraction of sp³-hybridized carbons (Fsp3) is 0.316. The van der Waals surface area contributed by atoms with E-state index in [1.807, 2.05) is 24.3 Å². The molecule has 4 aliphatic heterocycles. The van der Waals surface area contributed by atoms with Crippen molar-refractivity contribution in [1.29, 1.82) is 0 Å². The summed E-state index contributed by atoms with van der Waals surface area (Å²) in [6.45, 7) is 1.04. The van der Waals surface area contributed by atoms with Crippen LogP contribution in [0.5, 0.6) is 0 Å². The first-order chi connectivity index (χ1) is 64.7. The van der Waals surface area contributed by atoms with Gasteiger partial charge < -0.3 is 43.8 Å². The Morgan fingerprint density at radius 2 is 0.541 bits per heavy atom. The summed E-state index contributed by atoms with van der Waals surface area (Å²) < 4.78 is 29.2. The molecule has 5 amide bonds. The van der Waals surface area contributed by atoms with E-state index in [2.05, 4.69) is 21.3 Å². The number of aromatic nitrogens is 8. The molecular weight excluding hydrogens is 1840 g/mol. The molecule has 8 fully saturated rings. The average molecular weight is 1940 g/mol. The highest BCUT2D eigenvalue weighted by Gasteiger charge is 2.39. The molecule has 12 aromatic heterocycles. The molecule has 8 aliphatic rings. The molecule has 4 aliphatic carbocycles. The monoisotopic (exact) mass is 1940 g/mol. The van der Waals surface area contributed by atoms with Gasteiger partial charge in [0.05, 0.1) is 93.1 Å². The van der Waals surface area contributed by atoms with Crippen molar-refractivity contribution in [1.82, 2.24) is 62.0 Å². The zero-order valence-electron chi connectivity index (χ0n) is 72.7. The van der Waals surface area contributed by atoms with Crippen LogP contribution in [0.15, 0.2) is 228 Å². The van der Waals surface area contributed by atoms with Gasteiger partial charge in [0.1, 0.15) is 86.2 Å². The molecule has 0 atom stereocenters. The Labute approximate surface area is 802 Å². The summed E-state index contributed by atoms with van der Waals surface area (Å²) in [7, 11) is 3.38. The van der Waals surface area contributed by atoms with Gasteiger partial charge >= 0.3 is 0 Å². The second-order valence-corrected chi connectivity index (χ2v) is 39.5. The lowest BCUT2D eigenvalue weighted by Crippen LogP contribution is -2.28. The predicted molar refractivity (Wildman–Crippen MR) is 537 cm³/mol. The second kappa shape index (κ2) is 44.1. The maximum absolute atomic E-state index is 13.4. The summed E-state index contributed by atoms with van der Waals surface area (Å²) >= 11 is 26.5. The van der Waals surface area contributed by atoms with Gasteiger partial charge in [0.2, 0.25) is 6.41 Å². The zero-order valence-corrected chi connectivity index (χ0v) is 79.3. The van der Waals surface area contributed by atoms with Crippen LogP contribution in [-0.4, -0.2) is 148 Å². The molecule has 0 radical (unpaired) electrons. The standard InChI is InChI=1S/4C23H22N4O3S2.C3H7NO/c4*28-21-17(13-18-22(29)27(23(31)32-18)14-16-9-6-12-30-16)20(24-15-7-2-1-3-8-15)25-19-10-4-5-11-26(19)21;1-4(2)3-5/h4*4-6,9-13,15,24H,1-3,7-8,14H2;3H,1-2H3/b4*18-13-;. The molecule has 0 spiro atoms. The number of fused-ring (bicyclic) bond motifs is 4. The van der Waals surface area contributed by atoms with Gasteiger partial charge in [0, 0.05) is 63.1 Å². The Kier molecular flexibility index (Phi) is 31.2. The van der Waals surface area contributed by atoms with Crippen LogP contribution in [0.25, 0.3) is 46.9 Å². The minimum Gasteiger partial charge on any atom is -0.467 e. The Morgan fingerprint density at radius 1 is 0.331 bits per heavy atom. The Bertz CT molecular complexity index is 5950. The lowest BCUT2D eigenvalue weighted by atomic mass is 9.95. The van der Waals surface area contributed by atoms with Crippen LogP contribution in [0, 0.1) is 0 Å². The number of rotatable bonds is 21. The van der Waals surface area contributed by atoms with Gasteiger partial charge in [-0.1, -0.05) is 197 Å². The fourth-order valence-corrected chi connectivity index (χ4v) is 21.4. The molecule has 4 N–H and O–H groups in total. The highest BCUT2D eigenvalue weighted by Crippen LogP contribution is 2.40. The van der Waals surface area contributed by atoms with Gasteiger partial charge in [0.15, 0.2) is 0 Å². The summed E-state index contributed by atoms with van der Waals surface area (Å²) in [5, 5.41) is 13.9. The third kappa shape index (κ3) is 22.9. The van der Waals surface area contributed by atoms with E-state index in [1.54, 1.807) is 185 Å². The summed E-state index contributed by atoms with van der Waals surface area (Å²) in [6.07, 6.45) is 42.8. The Hall–Kier alpha value is -12.2. The summed E-state index contributed by atoms with van der Waals surface area (Å²) in [4.78, 5) is 143. The van der Waals surface area contributed by atoms with Gasteiger partial charge in [-0.2, -0.15) is 0 Å². The minimum absolute atomic E-state index is 0.217. The SMILES string of the molecule is CN(C)C=O.O=C1/C(=C/c2c(NC3CCCCC3)nc3ccccn3c2=O)SC(=S)N1Cc1ccco1.O=C1/C(=C/c2c(NC3CCCCC3)nc3ccccn3c2=O)SC(=S)N1Cc1ccco1.O=C1/C(=C/c2c(NC3CCCCC3)nc3ccccn3c2=O)SC(=S)N1Cc1ccco1.O=C1/C(=C/c2c(NC3CCCCC3)nc3ccccn3c2=O)SC(=S)N1Cc1ccco1. The highest BCUT2D eigenvalue weighted by atomic mass is 32.2. The van der Waals surface area contributed by atoms with Gasteiger partial charge in [-0.05, 0) is 173 Å². The quantitative estimate of drug-likeness (QED) is 0.0295. The maximum Gasteiger partial charge on any atom is 0.267 e. The number of hydrogen-bond donors (Lipinski definition) is 4. The van der Waals surface area contributed by atoms with E-state index < -0.39 is 0 Å². The number of carbonyl (C=O) groups excluding carboxylic acids is 5. The van der Waals surface area contributed by atoms with Gasteiger partial charge in [-0.15, -0.1) is 0 Å². The van der Waals surface area contributed by atoms with Crippen molar-refractivity contribution in [2.75, 3.05) is 35.4 Å². The van der Waals surface area contributed by atoms with Gasteiger partial charge in [-0.25, -0.2) is 19.9 Å². The molecule has 30 nitrogen and oxygen atoms in total. The number of thioether (sulfide) groups is 4. The van der Waals surface area contributed by atoms with Crippen LogP contribution in [0.3, 0.4) is 0 Å². The van der Waals surface area contributed by atoms with Gasteiger partial charge in [0.25, 0.3) is 45.9 Å². The average Bonchev–Trinajstić information content (AvgIpc) is 1.75.